The molecular formula is C37H41NO7. The van der Waals surface area contributed by atoms with Crippen molar-refractivity contribution in [2.75, 3.05) is 13.2 Å². The molecule has 1 aromatic heterocycles. The topological polar surface area (TPSA) is 115 Å². The summed E-state index contributed by atoms with van der Waals surface area (Å²) in [5, 5.41) is 19.1. The molecular weight excluding hydrogens is 570 g/mol. The lowest BCUT2D eigenvalue weighted by Crippen LogP contribution is -2.09. The number of carboxylic acid groups (broad SMARTS) is 2. The van der Waals surface area contributed by atoms with Crippen LogP contribution < -0.4 is 9.47 Å². The smallest absolute Gasteiger partial charge is 0.303 e. The van der Waals surface area contributed by atoms with E-state index in [0.717, 1.165) is 52.1 Å². The van der Waals surface area contributed by atoms with Gasteiger partial charge in [-0.3, -0.25) is 14.4 Å². The summed E-state index contributed by atoms with van der Waals surface area (Å²) in [7, 11) is 1.81. The maximum Gasteiger partial charge on any atom is 0.303 e. The van der Waals surface area contributed by atoms with Crippen LogP contribution in [0.5, 0.6) is 11.5 Å². The fourth-order valence-electron chi connectivity index (χ4n) is 5.73. The molecule has 0 aliphatic carbocycles. The quantitative estimate of drug-likeness (QED) is 0.0762. The third kappa shape index (κ3) is 8.62. The number of aromatic nitrogens is 1. The van der Waals surface area contributed by atoms with E-state index in [0.29, 0.717) is 29.9 Å². The molecule has 45 heavy (non-hydrogen) atoms. The van der Waals surface area contributed by atoms with Gasteiger partial charge in [0, 0.05) is 30.1 Å². The van der Waals surface area contributed by atoms with E-state index in [9.17, 15) is 19.5 Å². The standard InChI is InChI=1S/C37H41NO7/c1-24-22-25(2)37(26(3)23-24)45-21-6-5-20-44-29-14-11-27(12-15-29)10-13-28-8-7-9-30-35(32(39)17-19-34(42)43)31(16-18-33(40)41)38(4)36(28)30/h7-15,22-23H,5-6,16-21H2,1-4H3,(H,40,41)(H,42,43). The number of aliphatic carboxylic acids is 2. The van der Waals surface area contributed by atoms with Crippen LogP contribution in [0.1, 0.15) is 76.0 Å². The van der Waals surface area contributed by atoms with Gasteiger partial charge in [0.05, 0.1) is 31.6 Å². The first-order valence-corrected chi connectivity index (χ1v) is 15.2. The van der Waals surface area contributed by atoms with E-state index in [2.05, 4.69) is 32.9 Å². The number of rotatable bonds is 16. The molecule has 0 aliphatic heterocycles. The number of hydrogen-bond donors (Lipinski definition) is 2. The summed E-state index contributed by atoms with van der Waals surface area (Å²) in [4.78, 5) is 35.6. The van der Waals surface area contributed by atoms with Gasteiger partial charge >= 0.3 is 11.9 Å². The van der Waals surface area contributed by atoms with E-state index >= 15 is 0 Å². The highest BCUT2D eigenvalue weighted by Gasteiger charge is 2.23. The summed E-state index contributed by atoms with van der Waals surface area (Å²) < 4.78 is 13.8. The molecule has 2 N–H and O–H groups in total. The van der Waals surface area contributed by atoms with Crippen molar-refractivity contribution in [3.63, 3.8) is 0 Å². The lowest BCUT2D eigenvalue weighted by Gasteiger charge is -2.13. The van der Waals surface area contributed by atoms with Gasteiger partial charge in [-0.25, -0.2) is 0 Å². The number of benzene rings is 3. The van der Waals surface area contributed by atoms with Gasteiger partial charge in [0.25, 0.3) is 0 Å². The third-order valence-corrected chi connectivity index (χ3v) is 7.78. The summed E-state index contributed by atoms with van der Waals surface area (Å²) in [5.74, 6) is -0.560. The van der Waals surface area contributed by atoms with E-state index in [1.807, 2.05) is 66.2 Å². The number of aryl methyl sites for hydroxylation is 4. The molecule has 4 aromatic rings. The predicted octanol–water partition coefficient (Wildman–Crippen LogP) is 7.58. The van der Waals surface area contributed by atoms with Crippen LogP contribution in [0.25, 0.3) is 23.1 Å². The first-order valence-electron chi connectivity index (χ1n) is 15.2. The molecule has 0 saturated carbocycles. The van der Waals surface area contributed by atoms with E-state index in [4.69, 9.17) is 14.6 Å². The summed E-state index contributed by atoms with van der Waals surface area (Å²) in [6.45, 7) is 7.48. The number of carboxylic acids is 2. The first kappa shape index (κ1) is 33.1. The molecule has 1 heterocycles. The maximum atomic E-state index is 13.1. The third-order valence-electron chi connectivity index (χ3n) is 7.78. The lowest BCUT2D eigenvalue weighted by molar-refractivity contribution is -0.137. The minimum atomic E-state index is -1.05. The molecule has 0 radical (unpaired) electrons. The van der Waals surface area contributed by atoms with Crippen LogP contribution in [0.15, 0.2) is 54.6 Å². The molecule has 0 spiro atoms. The van der Waals surface area contributed by atoms with Crippen molar-refractivity contribution < 1.29 is 34.1 Å². The van der Waals surface area contributed by atoms with Crippen molar-refractivity contribution in [2.45, 2.75) is 59.3 Å². The van der Waals surface area contributed by atoms with Crippen LogP contribution in [-0.2, 0) is 23.1 Å². The number of unbranched alkanes of at least 4 members (excludes halogenated alkanes) is 1. The Morgan fingerprint density at radius 3 is 2.09 bits per heavy atom. The first-order chi connectivity index (χ1) is 21.5. The maximum absolute atomic E-state index is 13.1. The number of ketones is 1. The Morgan fingerprint density at radius 1 is 0.800 bits per heavy atom. The highest BCUT2D eigenvalue weighted by Crippen LogP contribution is 2.32. The monoisotopic (exact) mass is 611 g/mol. The SMILES string of the molecule is Cc1cc(C)c(OCCCCOc2ccc(C=Cc3cccc4c(C(=O)CCC(=O)O)c(CCC(=O)O)n(C)c34)cc2)c(C)c1. The zero-order valence-corrected chi connectivity index (χ0v) is 26.4. The van der Waals surface area contributed by atoms with E-state index < -0.39 is 11.9 Å². The highest BCUT2D eigenvalue weighted by atomic mass is 16.5. The second-order valence-corrected chi connectivity index (χ2v) is 11.4. The molecule has 3 aromatic carbocycles. The molecule has 8 heteroatoms. The van der Waals surface area contributed by atoms with Gasteiger partial charge in [-0.05, 0) is 74.4 Å². The predicted molar refractivity (Wildman–Crippen MR) is 176 cm³/mol. The number of hydrogen-bond acceptors (Lipinski definition) is 5. The molecule has 0 amide bonds. The van der Waals surface area contributed by atoms with Crippen LogP contribution in [-0.4, -0.2) is 45.7 Å². The number of para-hydroxylation sites is 1. The summed E-state index contributed by atoms with van der Waals surface area (Å²) in [5.41, 5.74) is 7.18. The summed E-state index contributed by atoms with van der Waals surface area (Å²) in [6, 6.07) is 17.7. The molecule has 0 aliphatic rings. The van der Waals surface area contributed by atoms with E-state index in [1.165, 1.54) is 5.56 Å². The number of nitrogens with zero attached hydrogens (tertiary/aromatic N) is 1. The lowest BCUT2D eigenvalue weighted by atomic mass is 9.99. The van der Waals surface area contributed by atoms with Crippen molar-refractivity contribution in [3.05, 3.63) is 93.7 Å². The molecule has 236 valence electrons. The zero-order valence-electron chi connectivity index (χ0n) is 26.4. The Labute approximate surface area is 263 Å². The van der Waals surface area contributed by atoms with Crippen molar-refractivity contribution in [1.29, 1.82) is 0 Å². The zero-order chi connectivity index (χ0) is 32.5. The van der Waals surface area contributed by atoms with Crippen molar-refractivity contribution in [1.82, 2.24) is 4.57 Å². The Balaban J connectivity index is 1.39. The number of ether oxygens (including phenoxy) is 2. The number of carbonyl (C=O) groups is 3. The summed E-state index contributed by atoms with van der Waals surface area (Å²) in [6.07, 6.45) is 5.30. The average Bonchev–Trinajstić information content (AvgIpc) is 3.28. The fraction of sp³-hybridized carbons (Fsp3) is 0.324. The van der Waals surface area contributed by atoms with Crippen molar-refractivity contribution in [3.8, 4) is 11.5 Å². The van der Waals surface area contributed by atoms with E-state index in [1.54, 1.807) is 0 Å². The Bertz CT molecular complexity index is 1690. The minimum Gasteiger partial charge on any atom is -0.494 e. The minimum absolute atomic E-state index is 0.135. The van der Waals surface area contributed by atoms with Gasteiger partial charge in [0.1, 0.15) is 11.5 Å². The van der Waals surface area contributed by atoms with Gasteiger partial charge < -0.3 is 24.3 Å². The largest absolute Gasteiger partial charge is 0.494 e. The van der Waals surface area contributed by atoms with Gasteiger partial charge in [-0.2, -0.15) is 0 Å². The molecule has 4 rings (SSSR count). The van der Waals surface area contributed by atoms with Crippen molar-refractivity contribution in [2.24, 2.45) is 7.05 Å². The number of carbonyl (C=O) groups excluding carboxylic acids is 1. The van der Waals surface area contributed by atoms with Crippen LogP contribution >= 0.6 is 0 Å². The van der Waals surface area contributed by atoms with Crippen molar-refractivity contribution >= 4 is 40.8 Å². The van der Waals surface area contributed by atoms with E-state index in [-0.39, 0.29) is 31.5 Å². The van der Waals surface area contributed by atoms with Crippen LogP contribution in [0.2, 0.25) is 0 Å². The van der Waals surface area contributed by atoms with Gasteiger partial charge in [0.2, 0.25) is 0 Å². The fourth-order valence-corrected chi connectivity index (χ4v) is 5.73. The molecule has 8 nitrogen and oxygen atoms in total. The second kappa shape index (κ2) is 15.2. The van der Waals surface area contributed by atoms with Crippen LogP contribution in [0, 0.1) is 20.8 Å². The molecule has 0 fully saturated rings. The Hall–Kier alpha value is -4.85. The van der Waals surface area contributed by atoms with Gasteiger partial charge in [0.15, 0.2) is 5.78 Å². The van der Waals surface area contributed by atoms with Crippen LogP contribution in [0.4, 0.5) is 0 Å². The molecule has 0 atom stereocenters. The van der Waals surface area contributed by atoms with Gasteiger partial charge in [-0.15, -0.1) is 0 Å². The summed E-state index contributed by atoms with van der Waals surface area (Å²) >= 11 is 0. The molecule has 0 saturated heterocycles. The average molecular weight is 612 g/mol. The Morgan fingerprint density at radius 2 is 1.44 bits per heavy atom. The normalized spacial score (nSPS) is 11.3. The van der Waals surface area contributed by atoms with Crippen LogP contribution in [0.3, 0.4) is 0 Å². The second-order valence-electron chi connectivity index (χ2n) is 11.4. The highest BCUT2D eigenvalue weighted by molar-refractivity contribution is 6.11. The Kier molecular flexibility index (Phi) is 11.2. The molecule has 0 unspecified atom stereocenters. The van der Waals surface area contributed by atoms with Gasteiger partial charge in [-0.1, -0.05) is 60.2 Å². The molecule has 0 bridgehead atoms. The number of fused-ring (bicyclic) bond motifs is 1. The number of Topliss-reactive ketones (excluding diaryl/α,β-unsaturated/α-hetero) is 1.